The van der Waals surface area contributed by atoms with Crippen LogP contribution in [-0.4, -0.2) is 17.0 Å². The SMILES string of the molecule is O=C(O)C(F)(F)C1CCc2ccccc21. The highest BCUT2D eigenvalue weighted by Gasteiger charge is 2.50. The molecule has 1 unspecified atom stereocenters. The van der Waals surface area contributed by atoms with Crippen molar-refractivity contribution in [1.29, 1.82) is 0 Å². The molecule has 1 aromatic rings. The van der Waals surface area contributed by atoms with E-state index in [9.17, 15) is 13.6 Å². The van der Waals surface area contributed by atoms with Gasteiger partial charge in [0.15, 0.2) is 0 Å². The van der Waals surface area contributed by atoms with Crippen molar-refractivity contribution in [2.24, 2.45) is 0 Å². The summed E-state index contributed by atoms with van der Waals surface area (Å²) in [5.41, 5.74) is 1.31. The molecule has 4 heteroatoms. The molecule has 1 aliphatic rings. The summed E-state index contributed by atoms with van der Waals surface area (Å²) in [4.78, 5) is 10.5. The summed E-state index contributed by atoms with van der Waals surface area (Å²) in [5, 5.41) is 8.48. The minimum atomic E-state index is -3.66. The fraction of sp³-hybridized carbons (Fsp3) is 0.364. The first-order chi connectivity index (χ1) is 7.03. The van der Waals surface area contributed by atoms with Gasteiger partial charge in [0.25, 0.3) is 0 Å². The Balaban J connectivity index is 2.39. The summed E-state index contributed by atoms with van der Waals surface area (Å²) in [6, 6.07) is 6.80. The Hall–Kier alpha value is -1.45. The van der Waals surface area contributed by atoms with Crippen molar-refractivity contribution in [3.8, 4) is 0 Å². The maximum Gasteiger partial charge on any atom is 0.375 e. The van der Waals surface area contributed by atoms with Crippen LogP contribution in [0, 0.1) is 0 Å². The summed E-state index contributed by atoms with van der Waals surface area (Å²) in [7, 11) is 0. The molecule has 15 heavy (non-hydrogen) atoms. The Morgan fingerprint density at radius 2 is 2.07 bits per heavy atom. The number of carbonyl (C=O) groups is 1. The highest BCUT2D eigenvalue weighted by molar-refractivity contribution is 5.77. The van der Waals surface area contributed by atoms with Crippen molar-refractivity contribution >= 4 is 5.97 Å². The zero-order valence-electron chi connectivity index (χ0n) is 7.91. The smallest absolute Gasteiger partial charge is 0.375 e. The molecule has 80 valence electrons. The maximum atomic E-state index is 13.3. The molecular formula is C11H10F2O2. The van der Waals surface area contributed by atoms with Crippen LogP contribution in [0.3, 0.4) is 0 Å². The Bertz CT molecular complexity index is 401. The van der Waals surface area contributed by atoms with Crippen LogP contribution in [0.1, 0.15) is 23.5 Å². The van der Waals surface area contributed by atoms with Crippen LogP contribution in [-0.2, 0) is 11.2 Å². The van der Waals surface area contributed by atoms with Crippen LogP contribution in [0.5, 0.6) is 0 Å². The summed E-state index contributed by atoms with van der Waals surface area (Å²) in [6.45, 7) is 0. The maximum absolute atomic E-state index is 13.3. The van der Waals surface area contributed by atoms with Crippen molar-refractivity contribution in [2.75, 3.05) is 0 Å². The van der Waals surface area contributed by atoms with E-state index in [0.717, 1.165) is 5.56 Å². The lowest BCUT2D eigenvalue weighted by molar-refractivity contribution is -0.168. The van der Waals surface area contributed by atoms with Crippen molar-refractivity contribution in [3.63, 3.8) is 0 Å². The fourth-order valence-electron chi connectivity index (χ4n) is 2.08. The molecule has 0 fully saturated rings. The van der Waals surface area contributed by atoms with Crippen LogP contribution in [0.2, 0.25) is 0 Å². The summed E-state index contributed by atoms with van der Waals surface area (Å²) in [5.74, 6) is -6.87. The predicted molar refractivity (Wildman–Crippen MR) is 50.1 cm³/mol. The van der Waals surface area contributed by atoms with E-state index in [4.69, 9.17) is 5.11 Å². The number of halogens is 2. The lowest BCUT2D eigenvalue weighted by atomic mass is 9.94. The number of hydrogen-bond donors (Lipinski definition) is 1. The molecule has 0 spiro atoms. The molecule has 0 saturated heterocycles. The first-order valence-electron chi connectivity index (χ1n) is 4.72. The van der Waals surface area contributed by atoms with E-state index in [-0.39, 0.29) is 6.42 Å². The molecule has 0 bridgehead atoms. The number of alkyl halides is 2. The van der Waals surface area contributed by atoms with E-state index in [1.54, 1.807) is 24.3 Å². The highest BCUT2D eigenvalue weighted by atomic mass is 19.3. The number of aliphatic carboxylic acids is 1. The highest BCUT2D eigenvalue weighted by Crippen LogP contribution is 2.43. The van der Waals surface area contributed by atoms with Crippen LogP contribution >= 0.6 is 0 Å². The summed E-state index contributed by atoms with van der Waals surface area (Å²) >= 11 is 0. The third-order valence-corrected chi connectivity index (χ3v) is 2.86. The van der Waals surface area contributed by atoms with E-state index < -0.39 is 17.8 Å². The zero-order chi connectivity index (χ0) is 11.1. The van der Waals surface area contributed by atoms with Gasteiger partial charge in [-0.1, -0.05) is 24.3 Å². The minimum Gasteiger partial charge on any atom is -0.477 e. The quantitative estimate of drug-likeness (QED) is 0.817. The molecule has 0 amide bonds. The van der Waals surface area contributed by atoms with Crippen molar-refractivity contribution in [1.82, 2.24) is 0 Å². The summed E-state index contributed by atoms with van der Waals surface area (Å²) < 4.78 is 26.7. The molecule has 0 aliphatic heterocycles. The first-order valence-corrected chi connectivity index (χ1v) is 4.72. The zero-order valence-corrected chi connectivity index (χ0v) is 7.91. The van der Waals surface area contributed by atoms with Gasteiger partial charge in [0.2, 0.25) is 0 Å². The molecule has 1 aromatic carbocycles. The average molecular weight is 212 g/mol. The second-order valence-corrected chi connectivity index (χ2v) is 3.72. The van der Waals surface area contributed by atoms with Gasteiger partial charge in [0, 0.05) is 0 Å². The molecule has 1 N–H and O–H groups in total. The fourth-order valence-corrected chi connectivity index (χ4v) is 2.08. The van der Waals surface area contributed by atoms with Gasteiger partial charge >= 0.3 is 11.9 Å². The molecule has 0 radical (unpaired) electrons. The number of rotatable bonds is 2. The first kappa shape index (κ1) is 10.1. The van der Waals surface area contributed by atoms with Gasteiger partial charge in [0.1, 0.15) is 0 Å². The molecule has 0 heterocycles. The Labute approximate surface area is 85.5 Å². The lowest BCUT2D eigenvalue weighted by Gasteiger charge is -2.19. The Morgan fingerprint density at radius 3 is 2.73 bits per heavy atom. The summed E-state index contributed by atoms with van der Waals surface area (Å²) in [6.07, 6.45) is 0.738. The van der Waals surface area contributed by atoms with Gasteiger partial charge in [-0.3, -0.25) is 0 Å². The molecule has 2 nitrogen and oxygen atoms in total. The number of hydrogen-bond acceptors (Lipinski definition) is 1. The Kier molecular flexibility index (Phi) is 2.21. The number of carboxylic acids is 1. The monoisotopic (exact) mass is 212 g/mol. The predicted octanol–water partition coefficient (Wildman–Crippen LogP) is 2.44. The number of benzene rings is 1. The standard InChI is InChI=1S/C11H10F2O2/c12-11(13,10(14)15)9-6-5-7-3-1-2-4-8(7)9/h1-4,9H,5-6H2,(H,14,15). The van der Waals surface area contributed by atoms with Crippen molar-refractivity contribution < 1.29 is 18.7 Å². The van der Waals surface area contributed by atoms with Gasteiger partial charge in [-0.05, 0) is 24.0 Å². The molecule has 0 saturated carbocycles. The van der Waals surface area contributed by atoms with Gasteiger partial charge in [0.05, 0.1) is 5.92 Å². The number of aryl methyl sites for hydroxylation is 1. The molecular weight excluding hydrogens is 202 g/mol. The largest absolute Gasteiger partial charge is 0.477 e. The van der Waals surface area contributed by atoms with Crippen LogP contribution in [0.4, 0.5) is 8.78 Å². The van der Waals surface area contributed by atoms with E-state index >= 15 is 0 Å². The third kappa shape index (κ3) is 1.50. The molecule has 1 aliphatic carbocycles. The van der Waals surface area contributed by atoms with Gasteiger partial charge < -0.3 is 5.11 Å². The minimum absolute atomic E-state index is 0.207. The van der Waals surface area contributed by atoms with E-state index in [2.05, 4.69) is 0 Å². The second-order valence-electron chi connectivity index (χ2n) is 3.72. The van der Waals surface area contributed by atoms with Crippen LogP contribution in [0.15, 0.2) is 24.3 Å². The molecule has 1 atom stereocenters. The van der Waals surface area contributed by atoms with E-state index in [1.165, 1.54) is 0 Å². The number of carboxylic acid groups (broad SMARTS) is 1. The lowest BCUT2D eigenvalue weighted by Crippen LogP contribution is -2.34. The molecule has 2 rings (SSSR count). The van der Waals surface area contributed by atoms with Gasteiger partial charge in [-0.15, -0.1) is 0 Å². The van der Waals surface area contributed by atoms with Gasteiger partial charge in [-0.25, -0.2) is 4.79 Å². The van der Waals surface area contributed by atoms with Crippen LogP contribution in [0.25, 0.3) is 0 Å². The average Bonchev–Trinajstić information content (AvgIpc) is 2.61. The van der Waals surface area contributed by atoms with E-state index in [1.807, 2.05) is 0 Å². The third-order valence-electron chi connectivity index (χ3n) is 2.86. The topological polar surface area (TPSA) is 37.3 Å². The Morgan fingerprint density at radius 1 is 1.40 bits per heavy atom. The second kappa shape index (κ2) is 3.29. The van der Waals surface area contributed by atoms with Crippen molar-refractivity contribution in [2.45, 2.75) is 24.7 Å². The number of fused-ring (bicyclic) bond motifs is 1. The normalized spacial score (nSPS) is 20.0. The van der Waals surface area contributed by atoms with Crippen molar-refractivity contribution in [3.05, 3.63) is 35.4 Å². The van der Waals surface area contributed by atoms with E-state index in [0.29, 0.717) is 12.0 Å². The molecule has 0 aromatic heterocycles. The van der Waals surface area contributed by atoms with Crippen LogP contribution < -0.4 is 0 Å². The van der Waals surface area contributed by atoms with Gasteiger partial charge in [-0.2, -0.15) is 8.78 Å².